The summed E-state index contributed by atoms with van der Waals surface area (Å²) in [6.07, 6.45) is -2.71. The summed E-state index contributed by atoms with van der Waals surface area (Å²) >= 11 is 8.01. The van der Waals surface area contributed by atoms with Gasteiger partial charge in [0, 0.05) is 45.6 Å². The van der Waals surface area contributed by atoms with E-state index in [4.69, 9.17) is 30.5 Å². The molecule has 49 heavy (non-hydrogen) atoms. The molecule has 0 radical (unpaired) electrons. The molecule has 14 heteroatoms. The third-order valence-electron chi connectivity index (χ3n) is 7.58. The number of nitrogens with zero attached hydrogens (tertiary/aromatic N) is 1. The fraction of sp³-hybridized carbons (Fsp3) is 0.400. The fourth-order valence-electron chi connectivity index (χ4n) is 5.39. The molecule has 1 N–H and O–H groups in total. The molecule has 264 valence electrons. The van der Waals surface area contributed by atoms with Gasteiger partial charge in [-0.1, -0.05) is 55.8 Å². The van der Waals surface area contributed by atoms with Crippen molar-refractivity contribution in [2.75, 3.05) is 43.8 Å². The summed E-state index contributed by atoms with van der Waals surface area (Å²) in [5, 5.41) is 0.369. The van der Waals surface area contributed by atoms with Crippen LogP contribution >= 0.6 is 23.4 Å². The Bertz CT molecular complexity index is 1750. The number of ether oxygens (including phenoxy) is 4. The van der Waals surface area contributed by atoms with Crippen LogP contribution in [0.5, 0.6) is 11.5 Å². The topological polar surface area (TPSA) is 138 Å². The second-order valence-electron chi connectivity index (χ2n) is 12.2. The van der Waals surface area contributed by atoms with E-state index in [9.17, 15) is 22.8 Å². The molecule has 2 amide bonds. The number of nitrogens with one attached hydrogen (secondary N) is 1. The van der Waals surface area contributed by atoms with Crippen LogP contribution in [0.25, 0.3) is 0 Å². The summed E-state index contributed by atoms with van der Waals surface area (Å²) in [7, 11) is -1.05. The highest BCUT2D eigenvalue weighted by atomic mass is 35.5. The molecule has 0 saturated heterocycles. The van der Waals surface area contributed by atoms with Gasteiger partial charge in [0.2, 0.25) is 15.9 Å². The second kappa shape index (κ2) is 16.8. The molecule has 0 aromatic heterocycles. The first-order valence-corrected chi connectivity index (χ1v) is 18.6. The summed E-state index contributed by atoms with van der Waals surface area (Å²) in [5.41, 5.74) is 0.710. The number of amides is 2. The van der Waals surface area contributed by atoms with Gasteiger partial charge in [0.1, 0.15) is 12.2 Å². The molecule has 0 saturated carbocycles. The standard InChI is InChI=1S/C35H41ClN2O9S2/c1-23(39)46-22-35(2,3)21-38-28-16-15-24(36)19-27(28)32(26-13-9-14-29(44-4)33(26)45-5)47-30(34(38)41)20-31(40)37-49(42,43)18-10-17-48-25-11-7-6-8-12-25/h6-9,11-16,19,30,32H,10,17-18,20-22H2,1-5H3,(H,37,40). The van der Waals surface area contributed by atoms with Crippen molar-refractivity contribution in [3.05, 3.63) is 82.9 Å². The van der Waals surface area contributed by atoms with Gasteiger partial charge in [0.05, 0.1) is 33.0 Å². The third kappa shape index (κ3) is 10.4. The normalized spacial score (nSPS) is 16.4. The lowest BCUT2D eigenvalue weighted by molar-refractivity contribution is -0.144. The number of fused-ring (bicyclic) bond motifs is 1. The smallest absolute Gasteiger partial charge is 0.302 e. The molecule has 11 nitrogen and oxygen atoms in total. The molecule has 1 aliphatic rings. The molecule has 3 aromatic carbocycles. The van der Waals surface area contributed by atoms with E-state index in [1.165, 1.54) is 37.8 Å². The number of benzene rings is 3. The molecule has 4 rings (SSSR count). The number of rotatable bonds is 15. The molecule has 3 aromatic rings. The molecular formula is C35H41ClN2O9S2. The highest BCUT2D eigenvalue weighted by Gasteiger charge is 2.41. The first-order valence-electron chi connectivity index (χ1n) is 15.6. The number of carbonyl (C=O) groups excluding carboxylic acids is 3. The Kier molecular flexibility index (Phi) is 13.0. The molecule has 0 aliphatic carbocycles. The van der Waals surface area contributed by atoms with Crippen LogP contribution in [0, 0.1) is 5.41 Å². The van der Waals surface area contributed by atoms with E-state index >= 15 is 0 Å². The number of para-hydroxylation sites is 1. The minimum absolute atomic E-state index is 0.00891. The van der Waals surface area contributed by atoms with Crippen LogP contribution in [0.3, 0.4) is 0 Å². The zero-order valence-corrected chi connectivity index (χ0v) is 30.5. The van der Waals surface area contributed by atoms with Gasteiger partial charge >= 0.3 is 5.97 Å². The third-order valence-corrected chi connectivity index (χ3v) is 10.3. The van der Waals surface area contributed by atoms with Crippen molar-refractivity contribution in [2.24, 2.45) is 5.41 Å². The summed E-state index contributed by atoms with van der Waals surface area (Å²) < 4.78 is 50.9. The molecule has 1 heterocycles. The van der Waals surface area contributed by atoms with Crippen molar-refractivity contribution < 1.29 is 41.7 Å². The number of anilines is 1. The Morgan fingerprint density at radius 3 is 2.43 bits per heavy atom. The molecule has 0 spiro atoms. The van der Waals surface area contributed by atoms with Gasteiger partial charge in [0.25, 0.3) is 5.91 Å². The first kappa shape index (κ1) is 38.0. The maximum absolute atomic E-state index is 14.4. The van der Waals surface area contributed by atoms with Crippen LogP contribution in [-0.4, -0.2) is 71.2 Å². The van der Waals surface area contributed by atoms with Crippen molar-refractivity contribution in [3.8, 4) is 11.5 Å². The predicted octanol–water partition coefficient (Wildman–Crippen LogP) is 5.79. The quantitative estimate of drug-likeness (QED) is 0.116. The average Bonchev–Trinajstić information content (AvgIpc) is 3.15. The van der Waals surface area contributed by atoms with Crippen LogP contribution in [-0.2, 0) is 33.9 Å². The van der Waals surface area contributed by atoms with E-state index in [-0.39, 0.29) is 18.9 Å². The molecule has 0 fully saturated rings. The van der Waals surface area contributed by atoms with Crippen LogP contribution in [0.15, 0.2) is 71.6 Å². The molecule has 1 aliphatic heterocycles. The van der Waals surface area contributed by atoms with Crippen molar-refractivity contribution in [1.82, 2.24) is 4.72 Å². The lowest BCUT2D eigenvalue weighted by Crippen LogP contribution is -2.47. The van der Waals surface area contributed by atoms with Gasteiger partial charge < -0.3 is 23.8 Å². The lowest BCUT2D eigenvalue weighted by atomic mass is 9.92. The molecule has 2 atom stereocenters. The number of esters is 1. The minimum atomic E-state index is -4.01. The molecule has 2 unspecified atom stereocenters. The van der Waals surface area contributed by atoms with Gasteiger partial charge in [-0.15, -0.1) is 11.8 Å². The Morgan fingerprint density at radius 2 is 1.76 bits per heavy atom. The summed E-state index contributed by atoms with van der Waals surface area (Å²) in [6, 6.07) is 19.8. The van der Waals surface area contributed by atoms with Gasteiger partial charge in [0.15, 0.2) is 11.5 Å². The monoisotopic (exact) mass is 732 g/mol. The highest BCUT2D eigenvalue weighted by Crippen LogP contribution is 2.45. The Labute approximate surface area is 296 Å². The van der Waals surface area contributed by atoms with Crippen LogP contribution in [0.4, 0.5) is 5.69 Å². The first-order chi connectivity index (χ1) is 23.2. The number of sulfonamides is 1. The van der Waals surface area contributed by atoms with Crippen molar-refractivity contribution >= 4 is 56.9 Å². The van der Waals surface area contributed by atoms with E-state index < -0.39 is 51.9 Å². The molecular weight excluding hydrogens is 692 g/mol. The van der Waals surface area contributed by atoms with E-state index in [0.29, 0.717) is 45.5 Å². The van der Waals surface area contributed by atoms with E-state index in [1.807, 2.05) is 44.2 Å². The average molecular weight is 733 g/mol. The minimum Gasteiger partial charge on any atom is -0.493 e. The van der Waals surface area contributed by atoms with Crippen LogP contribution in [0.1, 0.15) is 50.8 Å². The fourth-order valence-corrected chi connectivity index (χ4v) is 7.68. The maximum atomic E-state index is 14.4. The Hall–Kier alpha value is -3.78. The predicted molar refractivity (Wildman–Crippen MR) is 189 cm³/mol. The number of hydrogen-bond acceptors (Lipinski definition) is 10. The largest absolute Gasteiger partial charge is 0.493 e. The van der Waals surface area contributed by atoms with E-state index in [0.717, 1.165) is 4.90 Å². The van der Waals surface area contributed by atoms with Crippen LogP contribution < -0.4 is 19.1 Å². The van der Waals surface area contributed by atoms with Gasteiger partial charge in [-0.05, 0) is 48.6 Å². The Balaban J connectivity index is 1.66. The SMILES string of the molecule is COc1cccc(C2OC(CC(=O)NS(=O)(=O)CCCSc3ccccc3)C(=O)N(CC(C)(C)COC(C)=O)c3ccc(Cl)cc32)c1OC. The van der Waals surface area contributed by atoms with Crippen LogP contribution in [0.2, 0.25) is 5.02 Å². The van der Waals surface area contributed by atoms with E-state index in [1.54, 1.807) is 36.4 Å². The molecule has 0 bridgehead atoms. The zero-order chi connectivity index (χ0) is 35.8. The number of halogens is 1. The van der Waals surface area contributed by atoms with Gasteiger partial charge in [-0.25, -0.2) is 8.42 Å². The lowest BCUT2D eigenvalue weighted by Gasteiger charge is -2.33. The van der Waals surface area contributed by atoms with E-state index in [2.05, 4.69) is 4.72 Å². The van der Waals surface area contributed by atoms with Crippen molar-refractivity contribution in [1.29, 1.82) is 0 Å². The van der Waals surface area contributed by atoms with Crippen molar-refractivity contribution in [2.45, 2.75) is 50.7 Å². The number of carbonyl (C=O) groups is 3. The summed E-state index contributed by atoms with van der Waals surface area (Å²) in [4.78, 5) is 41.8. The zero-order valence-electron chi connectivity index (χ0n) is 28.1. The summed E-state index contributed by atoms with van der Waals surface area (Å²) in [6.45, 7) is 5.04. The van der Waals surface area contributed by atoms with Gasteiger partial charge in [-0.2, -0.15) is 0 Å². The Morgan fingerprint density at radius 1 is 1.02 bits per heavy atom. The van der Waals surface area contributed by atoms with Gasteiger partial charge in [-0.3, -0.25) is 19.1 Å². The highest BCUT2D eigenvalue weighted by molar-refractivity contribution is 7.99. The number of methoxy groups -OCH3 is 2. The maximum Gasteiger partial charge on any atom is 0.302 e. The van der Waals surface area contributed by atoms with Crippen molar-refractivity contribution in [3.63, 3.8) is 0 Å². The number of hydrogen-bond donors (Lipinski definition) is 1. The second-order valence-corrected chi connectivity index (χ2v) is 15.7. The number of thioether (sulfide) groups is 1. The summed E-state index contributed by atoms with van der Waals surface area (Å²) in [5.74, 6) is -0.937.